The van der Waals surface area contributed by atoms with Gasteiger partial charge < -0.3 is 15.4 Å². The van der Waals surface area contributed by atoms with Crippen molar-refractivity contribution in [2.45, 2.75) is 19.0 Å². The van der Waals surface area contributed by atoms with E-state index in [0.29, 0.717) is 37.6 Å². The summed E-state index contributed by atoms with van der Waals surface area (Å²) in [6.45, 7) is 1.16. The Kier molecular flexibility index (Phi) is 5.41. The van der Waals surface area contributed by atoms with Crippen molar-refractivity contribution in [2.24, 2.45) is 5.92 Å². The number of rotatable bonds is 4. The number of carbonyl (C=O) groups is 1. The molecule has 2 N–H and O–H groups in total. The van der Waals surface area contributed by atoms with Crippen LogP contribution in [0.4, 0.5) is 30.4 Å². The lowest BCUT2D eigenvalue weighted by Gasteiger charge is -2.21. The number of carbonyl (C=O) groups excluding carboxylic acids is 1. The van der Waals surface area contributed by atoms with Crippen LogP contribution in [0.25, 0.3) is 0 Å². The van der Waals surface area contributed by atoms with Crippen LogP contribution in [0.5, 0.6) is 0 Å². The van der Waals surface area contributed by atoms with E-state index in [1.807, 2.05) is 0 Å². The molecule has 0 spiro atoms. The number of pyridine rings is 1. The molecule has 1 aromatic heterocycles. The van der Waals surface area contributed by atoms with E-state index >= 15 is 0 Å². The molecule has 138 valence electrons. The maximum Gasteiger partial charge on any atom is 0.416 e. The highest BCUT2D eigenvalue weighted by Crippen LogP contribution is 2.31. The van der Waals surface area contributed by atoms with E-state index in [-0.39, 0.29) is 17.5 Å². The second-order valence-electron chi connectivity index (χ2n) is 6.01. The first-order chi connectivity index (χ1) is 12.4. The van der Waals surface area contributed by atoms with Gasteiger partial charge in [-0.05, 0) is 43.2 Å². The van der Waals surface area contributed by atoms with E-state index in [9.17, 15) is 18.0 Å². The average molecular weight is 365 g/mol. The summed E-state index contributed by atoms with van der Waals surface area (Å²) < 4.78 is 43.5. The van der Waals surface area contributed by atoms with Gasteiger partial charge in [0.25, 0.3) is 0 Å². The number of hydrogen-bond donors (Lipinski definition) is 2. The lowest BCUT2D eigenvalue weighted by molar-refractivity contribution is -0.137. The minimum atomic E-state index is -4.40. The van der Waals surface area contributed by atoms with Gasteiger partial charge in [-0.1, -0.05) is 6.07 Å². The van der Waals surface area contributed by atoms with E-state index in [4.69, 9.17) is 4.74 Å². The van der Waals surface area contributed by atoms with Gasteiger partial charge >= 0.3 is 6.18 Å². The second-order valence-corrected chi connectivity index (χ2v) is 6.01. The number of anilines is 3. The highest BCUT2D eigenvalue weighted by atomic mass is 19.4. The topological polar surface area (TPSA) is 63.2 Å². The highest BCUT2D eigenvalue weighted by molar-refractivity contribution is 5.92. The lowest BCUT2D eigenvalue weighted by atomic mass is 9.99. The Morgan fingerprint density at radius 3 is 2.54 bits per heavy atom. The Bertz CT molecular complexity index is 757. The predicted octanol–water partition coefficient (Wildman–Crippen LogP) is 4.21. The summed E-state index contributed by atoms with van der Waals surface area (Å²) in [5.41, 5.74) is 0.0882. The van der Waals surface area contributed by atoms with Crippen molar-refractivity contribution in [3.05, 3.63) is 48.2 Å². The van der Waals surface area contributed by atoms with Crippen LogP contribution in [-0.2, 0) is 15.7 Å². The lowest BCUT2D eigenvalue weighted by Crippen LogP contribution is -2.28. The van der Waals surface area contributed by atoms with Crippen molar-refractivity contribution in [3.63, 3.8) is 0 Å². The van der Waals surface area contributed by atoms with Gasteiger partial charge in [0.2, 0.25) is 5.91 Å². The first kappa shape index (κ1) is 18.2. The third kappa shape index (κ3) is 4.72. The fraction of sp³-hybridized carbons (Fsp3) is 0.333. The van der Waals surface area contributed by atoms with Crippen LogP contribution < -0.4 is 10.6 Å². The van der Waals surface area contributed by atoms with Crippen LogP contribution >= 0.6 is 0 Å². The van der Waals surface area contributed by atoms with E-state index in [0.717, 1.165) is 12.1 Å². The number of hydrogen-bond acceptors (Lipinski definition) is 4. The summed E-state index contributed by atoms with van der Waals surface area (Å²) in [5.74, 6) is 0.230. The van der Waals surface area contributed by atoms with Crippen LogP contribution in [0.3, 0.4) is 0 Å². The molecule has 0 atom stereocenters. The molecule has 3 rings (SSSR count). The third-order valence-corrected chi connectivity index (χ3v) is 4.09. The first-order valence-electron chi connectivity index (χ1n) is 8.21. The van der Waals surface area contributed by atoms with Crippen molar-refractivity contribution in [3.8, 4) is 0 Å². The third-order valence-electron chi connectivity index (χ3n) is 4.09. The van der Waals surface area contributed by atoms with Crippen molar-refractivity contribution in [1.82, 2.24) is 4.98 Å². The van der Waals surface area contributed by atoms with Gasteiger partial charge in [-0.25, -0.2) is 4.98 Å². The molecule has 0 unspecified atom stereocenters. The number of halogens is 3. The molecular weight excluding hydrogens is 347 g/mol. The molecule has 2 heterocycles. The van der Waals surface area contributed by atoms with Crippen molar-refractivity contribution < 1.29 is 22.7 Å². The van der Waals surface area contributed by atoms with Crippen LogP contribution in [0.15, 0.2) is 42.6 Å². The van der Waals surface area contributed by atoms with Crippen LogP contribution in [0.1, 0.15) is 18.4 Å². The molecule has 1 saturated heterocycles. The number of ether oxygens (including phenoxy) is 1. The number of alkyl halides is 3. The molecule has 8 heteroatoms. The van der Waals surface area contributed by atoms with Gasteiger partial charge in [-0.15, -0.1) is 0 Å². The van der Waals surface area contributed by atoms with Gasteiger partial charge in [-0.2, -0.15) is 13.2 Å². The zero-order valence-electron chi connectivity index (χ0n) is 13.8. The second kappa shape index (κ2) is 7.74. The molecule has 1 fully saturated rings. The number of nitrogens with one attached hydrogen (secondary N) is 2. The summed E-state index contributed by atoms with van der Waals surface area (Å²) in [4.78, 5) is 16.3. The van der Waals surface area contributed by atoms with Gasteiger partial charge in [0.15, 0.2) is 0 Å². The molecule has 1 aliphatic rings. The Balaban J connectivity index is 1.62. The monoisotopic (exact) mass is 365 g/mol. The molecule has 0 saturated carbocycles. The minimum Gasteiger partial charge on any atom is -0.381 e. The minimum absolute atomic E-state index is 0.0753. The Morgan fingerprint density at radius 2 is 1.88 bits per heavy atom. The smallest absolute Gasteiger partial charge is 0.381 e. The molecule has 0 aliphatic carbocycles. The molecule has 5 nitrogen and oxygen atoms in total. The molecule has 1 amide bonds. The summed E-state index contributed by atoms with van der Waals surface area (Å²) in [6.07, 6.45) is -1.56. The highest BCUT2D eigenvalue weighted by Gasteiger charge is 2.30. The molecule has 0 bridgehead atoms. The quantitative estimate of drug-likeness (QED) is 0.852. The number of amides is 1. The number of benzene rings is 1. The van der Waals surface area contributed by atoms with Gasteiger partial charge in [-0.3, -0.25) is 4.79 Å². The SMILES string of the molecule is O=C(Nc1ccc(Nc2cccc(C(F)(F)F)c2)nc1)C1CCOCC1. The summed E-state index contributed by atoms with van der Waals surface area (Å²) in [7, 11) is 0. The normalized spacial score (nSPS) is 15.5. The average Bonchev–Trinajstić information content (AvgIpc) is 2.63. The summed E-state index contributed by atoms with van der Waals surface area (Å²) >= 11 is 0. The Morgan fingerprint density at radius 1 is 1.12 bits per heavy atom. The summed E-state index contributed by atoms with van der Waals surface area (Å²) in [5, 5.41) is 5.62. The zero-order chi connectivity index (χ0) is 18.6. The first-order valence-corrected chi connectivity index (χ1v) is 8.21. The van der Waals surface area contributed by atoms with E-state index in [1.54, 1.807) is 12.1 Å². The molecule has 1 aliphatic heterocycles. The zero-order valence-corrected chi connectivity index (χ0v) is 13.8. The van der Waals surface area contributed by atoms with Crippen LogP contribution in [-0.4, -0.2) is 24.1 Å². The predicted molar refractivity (Wildman–Crippen MR) is 91.1 cm³/mol. The fourth-order valence-corrected chi connectivity index (χ4v) is 2.67. The van der Waals surface area contributed by atoms with Crippen molar-refractivity contribution in [1.29, 1.82) is 0 Å². The summed E-state index contributed by atoms with van der Waals surface area (Å²) in [6, 6.07) is 8.13. The van der Waals surface area contributed by atoms with E-state index < -0.39 is 11.7 Å². The molecular formula is C18H18F3N3O2. The maximum absolute atomic E-state index is 12.7. The Labute approximate surface area is 148 Å². The molecule has 26 heavy (non-hydrogen) atoms. The van der Waals surface area contributed by atoms with E-state index in [2.05, 4.69) is 15.6 Å². The van der Waals surface area contributed by atoms with Crippen molar-refractivity contribution in [2.75, 3.05) is 23.8 Å². The number of aromatic nitrogens is 1. The molecule has 0 radical (unpaired) electrons. The number of nitrogens with zero attached hydrogens (tertiary/aromatic N) is 1. The van der Waals surface area contributed by atoms with Gasteiger partial charge in [0, 0.05) is 24.8 Å². The van der Waals surface area contributed by atoms with Crippen molar-refractivity contribution >= 4 is 23.1 Å². The van der Waals surface area contributed by atoms with Crippen LogP contribution in [0.2, 0.25) is 0 Å². The standard InChI is InChI=1S/C18H18F3N3O2/c19-18(20,21)13-2-1-3-14(10-13)23-16-5-4-15(11-22-16)24-17(25)12-6-8-26-9-7-12/h1-5,10-12H,6-9H2,(H,22,23)(H,24,25). The van der Waals surface area contributed by atoms with Gasteiger partial charge in [0.1, 0.15) is 5.82 Å². The maximum atomic E-state index is 12.7. The van der Waals surface area contributed by atoms with Gasteiger partial charge in [0.05, 0.1) is 17.4 Å². The largest absolute Gasteiger partial charge is 0.416 e. The molecule has 1 aromatic carbocycles. The Hall–Kier alpha value is -2.61. The van der Waals surface area contributed by atoms with Crippen LogP contribution in [0, 0.1) is 5.92 Å². The fourth-order valence-electron chi connectivity index (χ4n) is 2.67. The molecule has 2 aromatic rings. The van der Waals surface area contributed by atoms with E-state index in [1.165, 1.54) is 18.3 Å².